The van der Waals surface area contributed by atoms with Gasteiger partial charge in [-0.25, -0.2) is 0 Å². The Morgan fingerprint density at radius 2 is 0.540 bits per heavy atom. The maximum Gasteiger partial charge on any atom is 0.161 e. The fourth-order valence-electron chi connectivity index (χ4n) is 11.6. The number of methoxy groups -OCH3 is 3. The molecule has 0 bridgehead atoms. The summed E-state index contributed by atoms with van der Waals surface area (Å²) in [5.41, 5.74) is 18.1. The van der Waals surface area contributed by atoms with E-state index in [1.807, 2.05) is 156 Å². The standard InChI is InChI=1S/C24H28O4.C21H24O4.2C20H22O4.C19H20O4/c1-15(2)5-10-19-18(9-7-17-8-12-21(25)23(27)13-17)14-22(26)20(24(19)28)11-6-16(3)4;1-14(2)4-8-19-16(11-18(23)12-17(19)13-22)7-5-15-6-9-20(24)21(10-15)25-3;1-13(2)4-8-16-18(22)10-15(11-19(16)23)6-5-14-7-9-17(21)20(12-14)24-3;1-14(2)8-9-24-18-11-16(10-17(21)13-18)5-4-15-6-7-19(22)20(12-15)23-3;1-13(2)7-8-23-17-10-15(9-16(20)12-17)4-3-14-5-6-18(21)19(22)11-14/h5-9,12-14,25-28H,10-11H2,1-4H3;4-7,9-12,22-24H,8,13H2,1-3H3;4-7,9-12,21-23H,8H2,1-3H3;4-8,10-13,21-22H,9H2,1-3H3;3-7,9-12,20-22H,8H2,1-2H3/b9-7+;7-5+;6-5+;5-4+;4-3+. The molecule has 0 unspecified atom stereocenters. The highest BCUT2D eigenvalue weighted by Crippen LogP contribution is 2.39. The third-order valence-electron chi connectivity index (χ3n) is 18.4. The van der Waals surface area contributed by atoms with E-state index in [2.05, 4.69) is 6.08 Å². The SMILES string of the molecule is CC(C)=CCOc1cc(O)cc(/C=C/c2ccc(O)c(O)c2)c1.CC(C)=CCc1c(O)cc(/C=C/c2ccc(O)c(O)c2)c(CC=C(C)C)c1O.COc1cc(/C=C/c2cc(O)c(CC=C(C)C)c(O)c2)ccc1O.COc1cc(/C=C/c2cc(O)cc(CO)c2CC=C(C)C)ccc1O.COc1cc(/C=C/c2cc(O)cc(OCC=C(C)C)c2)ccc1O. The van der Waals surface area contributed by atoms with Crippen molar-refractivity contribution in [3.8, 4) is 109 Å². The van der Waals surface area contributed by atoms with Crippen LogP contribution in [-0.4, -0.2) is 111 Å². The van der Waals surface area contributed by atoms with Crippen molar-refractivity contribution in [1.82, 2.24) is 0 Å². The van der Waals surface area contributed by atoms with Crippen molar-refractivity contribution in [3.05, 3.63) is 311 Å². The molecular weight excluding hydrogens is 1570 g/mol. The molecule has 652 valence electrons. The molecule has 0 heterocycles. The lowest BCUT2D eigenvalue weighted by Gasteiger charge is -2.14. The molecule has 0 fully saturated rings. The van der Waals surface area contributed by atoms with Crippen LogP contribution in [0, 0.1) is 0 Å². The van der Waals surface area contributed by atoms with Crippen molar-refractivity contribution < 1.29 is 100 Å². The molecule has 0 saturated carbocycles. The first-order valence-corrected chi connectivity index (χ1v) is 39.8. The molecule has 0 radical (unpaired) electrons. The van der Waals surface area contributed by atoms with Crippen LogP contribution in [0.5, 0.6) is 109 Å². The predicted molar refractivity (Wildman–Crippen MR) is 500 cm³/mol. The van der Waals surface area contributed by atoms with Gasteiger partial charge in [-0.1, -0.05) is 149 Å². The van der Waals surface area contributed by atoms with E-state index >= 15 is 0 Å². The van der Waals surface area contributed by atoms with Crippen LogP contribution in [0.4, 0.5) is 0 Å². The number of phenolic OH excluding ortho intramolecular Hbond substituents is 14. The number of phenols is 14. The summed E-state index contributed by atoms with van der Waals surface area (Å²) in [6.07, 6.45) is 32.3. The van der Waals surface area contributed by atoms with Crippen molar-refractivity contribution in [2.75, 3.05) is 34.5 Å². The molecule has 0 aromatic heterocycles. The van der Waals surface area contributed by atoms with Crippen molar-refractivity contribution >= 4 is 60.8 Å². The summed E-state index contributed by atoms with van der Waals surface area (Å²) in [5, 5.41) is 147. The van der Waals surface area contributed by atoms with E-state index in [0.717, 1.165) is 72.4 Å². The first-order valence-electron chi connectivity index (χ1n) is 39.8. The summed E-state index contributed by atoms with van der Waals surface area (Å²) in [7, 11) is 4.50. The number of allylic oxidation sites excluding steroid dienone is 10. The summed E-state index contributed by atoms with van der Waals surface area (Å²) in [6, 6.07) is 42.5. The second kappa shape index (κ2) is 49.3. The minimum absolute atomic E-state index is 0.0455. The van der Waals surface area contributed by atoms with E-state index in [1.54, 1.807) is 152 Å². The van der Waals surface area contributed by atoms with Crippen LogP contribution < -0.4 is 23.7 Å². The van der Waals surface area contributed by atoms with Gasteiger partial charge in [0.05, 0.1) is 27.9 Å². The predicted octanol–water partition coefficient (Wildman–Crippen LogP) is 23.4. The summed E-state index contributed by atoms with van der Waals surface area (Å²) >= 11 is 0. The Kier molecular flexibility index (Phi) is 39.1. The third kappa shape index (κ3) is 33.2. The smallest absolute Gasteiger partial charge is 0.161 e. The average molecular weight is 1690 g/mol. The number of aliphatic hydroxyl groups excluding tert-OH is 1. The largest absolute Gasteiger partial charge is 0.508 e. The van der Waals surface area contributed by atoms with E-state index in [4.69, 9.17) is 23.7 Å². The number of hydrogen-bond acceptors (Lipinski definition) is 20. The number of benzene rings is 10. The van der Waals surface area contributed by atoms with Gasteiger partial charge in [0, 0.05) is 28.8 Å². The van der Waals surface area contributed by atoms with Gasteiger partial charge in [0.1, 0.15) is 65.0 Å². The van der Waals surface area contributed by atoms with Crippen molar-refractivity contribution in [2.45, 2.75) is 115 Å². The third-order valence-corrected chi connectivity index (χ3v) is 18.4. The number of aromatic hydroxyl groups is 14. The Bertz CT molecular complexity index is 5600. The molecule has 20 heteroatoms. The van der Waals surface area contributed by atoms with E-state index in [-0.39, 0.29) is 87.1 Å². The van der Waals surface area contributed by atoms with Crippen LogP contribution in [0.15, 0.2) is 228 Å². The molecule has 0 spiro atoms. The van der Waals surface area contributed by atoms with Gasteiger partial charge in [-0.15, -0.1) is 0 Å². The van der Waals surface area contributed by atoms with Gasteiger partial charge in [0.15, 0.2) is 57.5 Å². The Balaban J connectivity index is 0.000000240. The zero-order chi connectivity index (χ0) is 91.3. The first kappa shape index (κ1) is 98.3. The molecule has 0 aliphatic heterocycles. The topological polar surface area (TPSA) is 350 Å². The summed E-state index contributed by atoms with van der Waals surface area (Å²) in [5.74, 6) is 2.60. The Morgan fingerprint density at radius 1 is 0.250 bits per heavy atom. The molecule has 20 nitrogen and oxygen atoms in total. The molecule has 10 rings (SSSR count). The van der Waals surface area contributed by atoms with Gasteiger partial charge >= 0.3 is 0 Å². The quantitative estimate of drug-likeness (QED) is 0.0123. The van der Waals surface area contributed by atoms with Gasteiger partial charge in [-0.05, 0) is 303 Å². The van der Waals surface area contributed by atoms with Gasteiger partial charge in [-0.2, -0.15) is 0 Å². The fraction of sp³-hybridized carbons (Fsp3) is 0.212. The highest BCUT2D eigenvalue weighted by atomic mass is 16.5. The van der Waals surface area contributed by atoms with Crippen LogP contribution in [-0.2, 0) is 32.3 Å². The van der Waals surface area contributed by atoms with Crippen LogP contribution in [0.1, 0.15) is 167 Å². The number of hydrogen-bond donors (Lipinski definition) is 15. The van der Waals surface area contributed by atoms with Crippen LogP contribution >= 0.6 is 0 Å². The monoisotopic (exact) mass is 1680 g/mol. The Hall–Kier alpha value is -14.5. The molecule has 0 saturated heterocycles. The van der Waals surface area contributed by atoms with E-state index in [1.165, 1.54) is 56.7 Å². The van der Waals surface area contributed by atoms with Crippen molar-refractivity contribution in [3.63, 3.8) is 0 Å². The summed E-state index contributed by atoms with van der Waals surface area (Å²) in [6.45, 7) is 24.7. The van der Waals surface area contributed by atoms with Crippen molar-refractivity contribution in [1.29, 1.82) is 0 Å². The first-order chi connectivity index (χ1) is 58.9. The van der Waals surface area contributed by atoms with Gasteiger partial charge < -0.3 is 100 Å². The number of aliphatic hydroxyl groups is 1. The minimum atomic E-state index is -0.199. The van der Waals surface area contributed by atoms with Crippen LogP contribution in [0.2, 0.25) is 0 Å². The lowest BCUT2D eigenvalue weighted by atomic mass is 9.95. The zero-order valence-corrected chi connectivity index (χ0v) is 72.9. The Morgan fingerprint density at radius 3 is 0.895 bits per heavy atom. The summed E-state index contributed by atoms with van der Waals surface area (Å²) < 4.78 is 26.5. The van der Waals surface area contributed by atoms with E-state index in [9.17, 15) is 76.6 Å². The highest BCUT2D eigenvalue weighted by molar-refractivity contribution is 5.78. The van der Waals surface area contributed by atoms with E-state index in [0.29, 0.717) is 101 Å². The van der Waals surface area contributed by atoms with Gasteiger partial charge in [-0.3, -0.25) is 0 Å². The molecule has 0 aliphatic carbocycles. The molecule has 0 atom stereocenters. The lowest BCUT2D eigenvalue weighted by Crippen LogP contribution is -1.97. The van der Waals surface area contributed by atoms with Crippen LogP contribution in [0.3, 0.4) is 0 Å². The molecule has 0 aliphatic rings. The molecule has 10 aromatic carbocycles. The maximum atomic E-state index is 10.8. The molecule has 0 amide bonds. The van der Waals surface area contributed by atoms with Crippen LogP contribution in [0.25, 0.3) is 60.8 Å². The Labute approximate surface area is 727 Å². The zero-order valence-electron chi connectivity index (χ0n) is 72.9. The lowest BCUT2D eigenvalue weighted by molar-refractivity contribution is 0.280. The van der Waals surface area contributed by atoms with Gasteiger partial charge in [0.25, 0.3) is 0 Å². The fourth-order valence-corrected chi connectivity index (χ4v) is 11.6. The second-order valence-electron chi connectivity index (χ2n) is 30.3. The molecule has 10 aromatic rings. The average Bonchev–Trinajstić information content (AvgIpc) is 0.800. The summed E-state index contributed by atoms with van der Waals surface area (Å²) in [4.78, 5) is 0. The number of ether oxygens (including phenoxy) is 5. The number of rotatable bonds is 28. The molecular formula is C104H116O20. The maximum absolute atomic E-state index is 10.8. The van der Waals surface area contributed by atoms with E-state index < -0.39 is 0 Å². The highest BCUT2D eigenvalue weighted by Gasteiger charge is 2.17. The minimum Gasteiger partial charge on any atom is -0.508 e. The second-order valence-corrected chi connectivity index (χ2v) is 30.3. The normalized spacial score (nSPS) is 10.8. The van der Waals surface area contributed by atoms with Crippen molar-refractivity contribution in [2.24, 2.45) is 0 Å². The van der Waals surface area contributed by atoms with Gasteiger partial charge in [0.2, 0.25) is 0 Å². The molecule has 15 N–H and O–H groups in total. The molecule has 124 heavy (non-hydrogen) atoms.